The number of carboxylic acids is 1. The van der Waals surface area contributed by atoms with E-state index in [4.69, 9.17) is 9.84 Å². The van der Waals surface area contributed by atoms with E-state index in [-0.39, 0.29) is 0 Å². The van der Waals surface area contributed by atoms with Crippen LogP contribution in [-0.2, 0) is 16.1 Å². The van der Waals surface area contributed by atoms with Crippen molar-refractivity contribution in [2.45, 2.75) is 33.5 Å². The summed E-state index contributed by atoms with van der Waals surface area (Å²) in [7, 11) is 0. The van der Waals surface area contributed by atoms with Gasteiger partial charge in [0.2, 0.25) is 0 Å². The van der Waals surface area contributed by atoms with Gasteiger partial charge >= 0.3 is 5.97 Å². The number of carbonyl (C=O) groups is 1. The van der Waals surface area contributed by atoms with Crippen molar-refractivity contribution in [2.24, 2.45) is 0 Å². The number of ether oxygens (including phenoxy) is 1. The monoisotopic (exact) mass is 208 g/mol. The first-order chi connectivity index (χ1) is 6.99. The summed E-state index contributed by atoms with van der Waals surface area (Å²) < 4.78 is 5.20. The van der Waals surface area contributed by atoms with Gasteiger partial charge in [0.25, 0.3) is 0 Å². The van der Waals surface area contributed by atoms with E-state index in [1.165, 1.54) is 6.92 Å². The lowest BCUT2D eigenvalue weighted by Crippen LogP contribution is -2.19. The molecule has 1 aromatic rings. The van der Waals surface area contributed by atoms with Gasteiger partial charge in [-0.2, -0.15) is 0 Å². The zero-order chi connectivity index (χ0) is 11.4. The molecule has 0 spiro atoms. The predicted octanol–water partition coefficient (Wildman–Crippen LogP) is 2.29. The van der Waals surface area contributed by atoms with Crippen LogP contribution in [0.4, 0.5) is 0 Å². The van der Waals surface area contributed by atoms with Crippen LogP contribution in [0.3, 0.4) is 0 Å². The number of hydrogen-bond donors (Lipinski definition) is 1. The highest BCUT2D eigenvalue weighted by molar-refractivity contribution is 5.71. The number of benzene rings is 1. The molecule has 1 atom stereocenters. The van der Waals surface area contributed by atoms with Crippen LogP contribution in [-0.4, -0.2) is 17.2 Å². The molecule has 0 saturated heterocycles. The molecule has 1 aromatic carbocycles. The molecule has 3 nitrogen and oxygen atoms in total. The van der Waals surface area contributed by atoms with Crippen molar-refractivity contribution in [3.8, 4) is 0 Å². The van der Waals surface area contributed by atoms with Gasteiger partial charge in [-0.1, -0.05) is 29.3 Å². The Kier molecular flexibility index (Phi) is 3.86. The van der Waals surface area contributed by atoms with Gasteiger partial charge in [-0.25, -0.2) is 4.79 Å². The van der Waals surface area contributed by atoms with Crippen molar-refractivity contribution in [3.63, 3.8) is 0 Å². The van der Waals surface area contributed by atoms with Gasteiger partial charge in [0.15, 0.2) is 6.10 Å². The number of carboxylic acid groups (broad SMARTS) is 1. The number of aryl methyl sites for hydroxylation is 2. The van der Waals surface area contributed by atoms with E-state index >= 15 is 0 Å². The molecule has 0 aromatic heterocycles. The Labute approximate surface area is 89.7 Å². The topological polar surface area (TPSA) is 46.5 Å². The highest BCUT2D eigenvalue weighted by Crippen LogP contribution is 2.10. The first-order valence-corrected chi connectivity index (χ1v) is 4.90. The smallest absolute Gasteiger partial charge is 0.332 e. The quantitative estimate of drug-likeness (QED) is 0.825. The van der Waals surface area contributed by atoms with Gasteiger partial charge in [0, 0.05) is 0 Å². The maximum absolute atomic E-state index is 10.5. The normalized spacial score (nSPS) is 12.5. The lowest BCUT2D eigenvalue weighted by Gasteiger charge is -2.09. The van der Waals surface area contributed by atoms with Gasteiger partial charge in [-0.3, -0.25) is 0 Å². The fourth-order valence-electron chi connectivity index (χ4n) is 1.44. The highest BCUT2D eigenvalue weighted by Gasteiger charge is 2.10. The molecule has 1 rings (SSSR count). The Morgan fingerprint density at radius 3 is 2.33 bits per heavy atom. The summed E-state index contributed by atoms with van der Waals surface area (Å²) in [4.78, 5) is 10.5. The van der Waals surface area contributed by atoms with Crippen molar-refractivity contribution in [2.75, 3.05) is 0 Å². The molecule has 0 saturated carbocycles. The van der Waals surface area contributed by atoms with Crippen molar-refractivity contribution < 1.29 is 14.6 Å². The molecule has 82 valence electrons. The van der Waals surface area contributed by atoms with Crippen LogP contribution < -0.4 is 0 Å². The molecule has 0 fully saturated rings. The lowest BCUT2D eigenvalue weighted by molar-refractivity contribution is -0.149. The van der Waals surface area contributed by atoms with Gasteiger partial charge < -0.3 is 9.84 Å². The van der Waals surface area contributed by atoms with E-state index in [1.807, 2.05) is 26.0 Å². The maximum Gasteiger partial charge on any atom is 0.332 e. The molecular formula is C12H16O3. The minimum atomic E-state index is -0.931. The fraction of sp³-hybridized carbons (Fsp3) is 0.417. The summed E-state index contributed by atoms with van der Waals surface area (Å²) in [6, 6.07) is 6.08. The third-order valence-corrected chi connectivity index (χ3v) is 2.13. The van der Waals surface area contributed by atoms with Crippen LogP contribution in [0.15, 0.2) is 18.2 Å². The van der Waals surface area contributed by atoms with Crippen LogP contribution in [0.2, 0.25) is 0 Å². The number of hydrogen-bond acceptors (Lipinski definition) is 2. The average molecular weight is 208 g/mol. The Bertz CT molecular complexity index is 338. The van der Waals surface area contributed by atoms with Crippen LogP contribution in [0.5, 0.6) is 0 Å². The van der Waals surface area contributed by atoms with Crippen LogP contribution in [0.1, 0.15) is 23.6 Å². The van der Waals surface area contributed by atoms with Crippen molar-refractivity contribution >= 4 is 5.97 Å². The van der Waals surface area contributed by atoms with Crippen molar-refractivity contribution in [1.82, 2.24) is 0 Å². The fourth-order valence-corrected chi connectivity index (χ4v) is 1.44. The Balaban J connectivity index is 2.61. The lowest BCUT2D eigenvalue weighted by atomic mass is 10.1. The molecule has 0 amide bonds. The number of aliphatic carboxylic acids is 1. The summed E-state index contributed by atoms with van der Waals surface area (Å²) in [6.45, 7) is 5.90. The number of rotatable bonds is 4. The van der Waals surface area contributed by atoms with Crippen LogP contribution >= 0.6 is 0 Å². The molecule has 3 heteroatoms. The van der Waals surface area contributed by atoms with E-state index in [0.29, 0.717) is 6.61 Å². The summed E-state index contributed by atoms with van der Waals surface area (Å²) >= 11 is 0. The Hall–Kier alpha value is -1.35. The second-order valence-electron chi connectivity index (χ2n) is 3.79. The zero-order valence-electron chi connectivity index (χ0n) is 9.28. The first kappa shape index (κ1) is 11.7. The second kappa shape index (κ2) is 4.94. The van der Waals surface area contributed by atoms with E-state index in [0.717, 1.165) is 16.7 Å². The van der Waals surface area contributed by atoms with Gasteiger partial charge in [-0.15, -0.1) is 0 Å². The molecule has 0 aliphatic rings. The molecular weight excluding hydrogens is 192 g/mol. The summed E-state index contributed by atoms with van der Waals surface area (Å²) in [5.41, 5.74) is 3.34. The van der Waals surface area contributed by atoms with E-state index in [9.17, 15) is 4.79 Å². The third kappa shape index (κ3) is 3.72. The SMILES string of the molecule is Cc1cc(C)cc(CO[C@@H](C)C(=O)O)c1. The maximum atomic E-state index is 10.5. The predicted molar refractivity (Wildman–Crippen MR) is 57.8 cm³/mol. The van der Waals surface area contributed by atoms with Crippen molar-refractivity contribution in [1.29, 1.82) is 0 Å². The first-order valence-electron chi connectivity index (χ1n) is 4.90. The molecule has 0 unspecified atom stereocenters. The molecule has 0 aliphatic heterocycles. The zero-order valence-corrected chi connectivity index (χ0v) is 9.28. The second-order valence-corrected chi connectivity index (χ2v) is 3.79. The molecule has 0 radical (unpaired) electrons. The minimum Gasteiger partial charge on any atom is -0.479 e. The van der Waals surface area contributed by atoms with Gasteiger partial charge in [0.05, 0.1) is 6.61 Å². The molecule has 1 N–H and O–H groups in total. The van der Waals surface area contributed by atoms with Gasteiger partial charge in [-0.05, 0) is 26.3 Å². The van der Waals surface area contributed by atoms with Crippen molar-refractivity contribution in [3.05, 3.63) is 34.9 Å². The summed E-state index contributed by atoms with van der Waals surface area (Å²) in [5.74, 6) is -0.931. The van der Waals surface area contributed by atoms with E-state index < -0.39 is 12.1 Å². The Morgan fingerprint density at radius 2 is 1.87 bits per heavy atom. The van der Waals surface area contributed by atoms with E-state index in [1.54, 1.807) is 0 Å². The highest BCUT2D eigenvalue weighted by atomic mass is 16.5. The minimum absolute atomic E-state index is 0.343. The molecule has 0 heterocycles. The average Bonchev–Trinajstić information content (AvgIpc) is 2.12. The van der Waals surface area contributed by atoms with Crippen LogP contribution in [0.25, 0.3) is 0 Å². The van der Waals surface area contributed by atoms with Gasteiger partial charge in [0.1, 0.15) is 0 Å². The molecule has 0 bridgehead atoms. The van der Waals surface area contributed by atoms with Crippen LogP contribution in [0, 0.1) is 13.8 Å². The summed E-state index contributed by atoms with van der Waals surface area (Å²) in [6.07, 6.45) is -0.759. The summed E-state index contributed by atoms with van der Waals surface area (Å²) in [5, 5.41) is 8.64. The largest absolute Gasteiger partial charge is 0.479 e. The Morgan fingerprint density at radius 1 is 1.33 bits per heavy atom. The molecule has 15 heavy (non-hydrogen) atoms. The molecule has 0 aliphatic carbocycles. The standard InChI is InChI=1S/C12H16O3/c1-8-4-9(2)6-11(5-8)7-15-10(3)12(13)14/h4-6,10H,7H2,1-3H3,(H,13,14)/t10-/m0/s1. The third-order valence-electron chi connectivity index (χ3n) is 2.13. The van der Waals surface area contributed by atoms with E-state index in [2.05, 4.69) is 6.07 Å².